The number of pyridine rings is 2. The van der Waals surface area contributed by atoms with Crippen LogP contribution in [0.5, 0.6) is 0 Å². The maximum absolute atomic E-state index is 11.7. The Morgan fingerprint density at radius 3 is 1.90 bits per heavy atom. The van der Waals surface area contributed by atoms with Gasteiger partial charge in [-0.25, -0.2) is 4.98 Å². The van der Waals surface area contributed by atoms with Crippen LogP contribution in [0.4, 0.5) is 11.5 Å². The van der Waals surface area contributed by atoms with Gasteiger partial charge in [0, 0.05) is 36.4 Å². The van der Waals surface area contributed by atoms with E-state index >= 15 is 0 Å². The summed E-state index contributed by atoms with van der Waals surface area (Å²) in [4.78, 5) is 22.7. The molecule has 0 atom stereocenters. The van der Waals surface area contributed by atoms with Crippen LogP contribution in [0.2, 0.25) is 0 Å². The molecule has 0 bridgehead atoms. The molecule has 31 heavy (non-hydrogen) atoms. The highest BCUT2D eigenvalue weighted by molar-refractivity contribution is 5.93. The zero-order chi connectivity index (χ0) is 22.8. The number of carbonyl (C=O) groups is 1. The molecule has 0 radical (unpaired) electrons. The predicted molar refractivity (Wildman–Crippen MR) is 128 cm³/mol. The molecule has 3 rings (SSSR count). The lowest BCUT2D eigenvalue weighted by atomic mass is 9.80. The SMILES string of the molecule is CC(=O)c1ccc(N(Cc2ccncc2)c2cc(C(C)(C)C)cc(C(C)(C)C)c2)nc1. The van der Waals surface area contributed by atoms with Gasteiger partial charge in [-0.3, -0.25) is 9.78 Å². The Kier molecular flexibility index (Phi) is 6.30. The van der Waals surface area contributed by atoms with E-state index in [1.54, 1.807) is 13.1 Å². The fraction of sp³-hybridized carbons (Fsp3) is 0.370. The number of hydrogen-bond acceptors (Lipinski definition) is 4. The van der Waals surface area contributed by atoms with Crippen molar-refractivity contribution in [3.8, 4) is 0 Å². The van der Waals surface area contributed by atoms with E-state index in [0.29, 0.717) is 12.1 Å². The molecule has 4 nitrogen and oxygen atoms in total. The summed E-state index contributed by atoms with van der Waals surface area (Å²) in [7, 11) is 0. The molecule has 3 aromatic rings. The predicted octanol–water partition coefficient (Wildman–Crippen LogP) is 6.61. The number of rotatable bonds is 5. The molecule has 0 aliphatic carbocycles. The summed E-state index contributed by atoms with van der Waals surface area (Å²) >= 11 is 0. The fourth-order valence-corrected chi connectivity index (χ4v) is 3.36. The van der Waals surface area contributed by atoms with E-state index in [2.05, 4.69) is 74.6 Å². The quantitative estimate of drug-likeness (QED) is 0.440. The molecule has 0 aliphatic heterocycles. The maximum atomic E-state index is 11.7. The molecule has 0 saturated carbocycles. The van der Waals surface area contributed by atoms with E-state index in [4.69, 9.17) is 0 Å². The molecule has 162 valence electrons. The van der Waals surface area contributed by atoms with Crippen molar-refractivity contribution in [1.29, 1.82) is 0 Å². The average Bonchev–Trinajstić information content (AvgIpc) is 2.71. The number of ketones is 1. The Morgan fingerprint density at radius 1 is 0.871 bits per heavy atom. The first-order valence-electron chi connectivity index (χ1n) is 10.7. The van der Waals surface area contributed by atoms with Crippen LogP contribution in [0.15, 0.2) is 61.1 Å². The minimum absolute atomic E-state index is 0.0180. The molecular formula is C27H33N3O. The third-order valence-electron chi connectivity index (χ3n) is 5.48. The van der Waals surface area contributed by atoms with Gasteiger partial charge in [-0.15, -0.1) is 0 Å². The number of hydrogen-bond donors (Lipinski definition) is 0. The molecule has 2 heterocycles. The summed E-state index contributed by atoms with van der Waals surface area (Å²) in [5.41, 5.74) is 5.47. The third kappa shape index (κ3) is 5.57. The van der Waals surface area contributed by atoms with Gasteiger partial charge in [-0.2, -0.15) is 0 Å². The van der Waals surface area contributed by atoms with Gasteiger partial charge in [0.25, 0.3) is 0 Å². The normalized spacial score (nSPS) is 12.0. The molecule has 0 fully saturated rings. The van der Waals surface area contributed by atoms with Gasteiger partial charge in [0.2, 0.25) is 0 Å². The van der Waals surface area contributed by atoms with Crippen LogP contribution in [0.3, 0.4) is 0 Å². The first-order chi connectivity index (χ1) is 14.4. The number of anilines is 2. The van der Waals surface area contributed by atoms with Crippen LogP contribution >= 0.6 is 0 Å². The lowest BCUT2D eigenvalue weighted by Crippen LogP contribution is -2.22. The summed E-state index contributed by atoms with van der Waals surface area (Å²) < 4.78 is 0. The van der Waals surface area contributed by atoms with Crippen molar-refractivity contribution in [2.45, 2.75) is 65.8 Å². The second-order valence-electron chi connectivity index (χ2n) is 10.2. The van der Waals surface area contributed by atoms with E-state index in [1.807, 2.05) is 36.7 Å². The van der Waals surface area contributed by atoms with Gasteiger partial charge in [-0.1, -0.05) is 47.6 Å². The minimum atomic E-state index is 0.0180. The maximum Gasteiger partial charge on any atom is 0.161 e. The lowest BCUT2D eigenvalue weighted by Gasteiger charge is -2.30. The molecular weight excluding hydrogens is 382 g/mol. The zero-order valence-corrected chi connectivity index (χ0v) is 19.7. The molecule has 0 saturated heterocycles. The Hall–Kier alpha value is -3.01. The largest absolute Gasteiger partial charge is 0.322 e. The summed E-state index contributed by atoms with van der Waals surface area (Å²) in [5.74, 6) is 0.831. The third-order valence-corrected chi connectivity index (χ3v) is 5.48. The van der Waals surface area contributed by atoms with Crippen LogP contribution in [-0.4, -0.2) is 15.8 Å². The van der Waals surface area contributed by atoms with Crippen molar-refractivity contribution in [1.82, 2.24) is 9.97 Å². The van der Waals surface area contributed by atoms with Crippen LogP contribution in [0.1, 0.15) is 75.5 Å². The number of Topliss-reactive ketones (excluding diaryl/α,β-unsaturated/α-hetero) is 1. The highest BCUT2D eigenvalue weighted by Gasteiger charge is 2.23. The van der Waals surface area contributed by atoms with Gasteiger partial charge >= 0.3 is 0 Å². The van der Waals surface area contributed by atoms with Crippen molar-refractivity contribution in [2.75, 3.05) is 4.90 Å². The molecule has 4 heteroatoms. The average molecular weight is 416 g/mol. The van der Waals surface area contributed by atoms with E-state index in [0.717, 1.165) is 17.1 Å². The van der Waals surface area contributed by atoms with Crippen molar-refractivity contribution in [3.05, 3.63) is 83.3 Å². The van der Waals surface area contributed by atoms with Crippen molar-refractivity contribution in [3.63, 3.8) is 0 Å². The first kappa shape index (κ1) is 22.7. The van der Waals surface area contributed by atoms with Crippen LogP contribution < -0.4 is 4.90 Å². The van der Waals surface area contributed by atoms with Gasteiger partial charge in [0.1, 0.15) is 5.82 Å². The van der Waals surface area contributed by atoms with Gasteiger partial charge in [0.05, 0.1) is 0 Å². The second kappa shape index (κ2) is 8.62. The minimum Gasteiger partial charge on any atom is -0.322 e. The monoisotopic (exact) mass is 415 g/mol. The first-order valence-corrected chi connectivity index (χ1v) is 10.7. The summed E-state index contributed by atoms with van der Waals surface area (Å²) in [5, 5.41) is 0. The zero-order valence-electron chi connectivity index (χ0n) is 19.7. The van der Waals surface area contributed by atoms with Gasteiger partial charge in [0.15, 0.2) is 5.78 Å². The van der Waals surface area contributed by atoms with Crippen LogP contribution in [-0.2, 0) is 17.4 Å². The number of benzene rings is 1. The lowest BCUT2D eigenvalue weighted by molar-refractivity contribution is 0.101. The van der Waals surface area contributed by atoms with E-state index in [1.165, 1.54) is 11.1 Å². The van der Waals surface area contributed by atoms with Crippen LogP contribution in [0, 0.1) is 0 Å². The fourth-order valence-electron chi connectivity index (χ4n) is 3.36. The Balaban J connectivity index is 2.17. The Bertz CT molecular complexity index is 1010. The molecule has 0 N–H and O–H groups in total. The molecule has 0 unspecified atom stereocenters. The number of nitrogens with zero attached hydrogens (tertiary/aromatic N) is 3. The molecule has 0 spiro atoms. The van der Waals surface area contributed by atoms with E-state index in [9.17, 15) is 4.79 Å². The topological polar surface area (TPSA) is 46.1 Å². The van der Waals surface area contributed by atoms with Crippen LogP contribution in [0.25, 0.3) is 0 Å². The second-order valence-corrected chi connectivity index (χ2v) is 10.2. The van der Waals surface area contributed by atoms with Gasteiger partial charge < -0.3 is 4.90 Å². The molecule has 2 aromatic heterocycles. The summed E-state index contributed by atoms with van der Waals surface area (Å²) in [6, 6.07) is 14.7. The smallest absolute Gasteiger partial charge is 0.161 e. The highest BCUT2D eigenvalue weighted by atomic mass is 16.1. The van der Waals surface area contributed by atoms with E-state index in [-0.39, 0.29) is 16.6 Å². The highest BCUT2D eigenvalue weighted by Crippen LogP contribution is 2.36. The summed E-state index contributed by atoms with van der Waals surface area (Å²) in [6.45, 7) is 15.7. The molecule has 0 aliphatic rings. The van der Waals surface area contributed by atoms with Crippen molar-refractivity contribution < 1.29 is 4.79 Å². The Labute approximate surface area is 186 Å². The number of aromatic nitrogens is 2. The van der Waals surface area contributed by atoms with Crippen molar-refractivity contribution in [2.24, 2.45) is 0 Å². The van der Waals surface area contributed by atoms with Crippen molar-refractivity contribution >= 4 is 17.3 Å². The van der Waals surface area contributed by atoms with Gasteiger partial charge in [-0.05, 0) is 70.8 Å². The standard InChI is InChI=1S/C27H33N3O/c1-19(31)21-8-9-25(29-17-21)30(18-20-10-12-28-13-11-20)24-15-22(26(2,3)4)14-23(16-24)27(5,6)7/h8-17H,18H2,1-7H3. The van der Waals surface area contributed by atoms with E-state index < -0.39 is 0 Å². The molecule has 0 amide bonds. The summed E-state index contributed by atoms with van der Waals surface area (Å²) in [6.07, 6.45) is 5.29. The number of carbonyl (C=O) groups excluding carboxylic acids is 1. The Morgan fingerprint density at radius 2 is 1.45 bits per heavy atom. The molecule has 1 aromatic carbocycles.